The Labute approximate surface area is 171 Å². The Balaban J connectivity index is 1.37. The molecule has 0 bridgehead atoms. The molecule has 0 unspecified atom stereocenters. The van der Waals surface area contributed by atoms with Crippen molar-refractivity contribution in [2.24, 2.45) is 11.8 Å². The van der Waals surface area contributed by atoms with Gasteiger partial charge in [-0.25, -0.2) is 10.8 Å². The summed E-state index contributed by atoms with van der Waals surface area (Å²) in [7, 11) is 0. The number of nitrogen functional groups attached to an aromatic ring is 1. The molecular weight excluding hydrogens is 370 g/mol. The van der Waals surface area contributed by atoms with Gasteiger partial charge in [0.05, 0.1) is 11.3 Å². The van der Waals surface area contributed by atoms with Gasteiger partial charge in [0, 0.05) is 25.6 Å². The number of nitrogens with one attached hydrogen (secondary N) is 2. The molecule has 9 heteroatoms. The van der Waals surface area contributed by atoms with Crippen LogP contribution in [0.4, 0.5) is 11.8 Å². The Morgan fingerprint density at radius 1 is 1.31 bits per heavy atom. The molecule has 1 fully saturated rings. The Bertz CT molecular complexity index is 813. The minimum absolute atomic E-state index is 0.282. The minimum Gasteiger partial charge on any atom is -0.370 e. The SMILES string of the molecule is Cc1nc(NCCCC2CCN(c3nc(C(C)C)no3)CC2)ccc1C(=O)NN. The molecule has 3 heterocycles. The molecule has 1 saturated heterocycles. The molecule has 0 aromatic carbocycles. The van der Waals surface area contributed by atoms with Crippen LogP contribution in [0.25, 0.3) is 0 Å². The van der Waals surface area contributed by atoms with Gasteiger partial charge in [0.2, 0.25) is 0 Å². The smallest absolute Gasteiger partial charge is 0.324 e. The van der Waals surface area contributed by atoms with E-state index in [9.17, 15) is 4.79 Å². The maximum absolute atomic E-state index is 11.6. The topological polar surface area (TPSA) is 122 Å². The largest absolute Gasteiger partial charge is 0.370 e. The van der Waals surface area contributed by atoms with Crippen molar-refractivity contribution in [3.05, 3.63) is 29.2 Å². The van der Waals surface area contributed by atoms with Gasteiger partial charge in [-0.05, 0) is 50.7 Å². The van der Waals surface area contributed by atoms with Gasteiger partial charge < -0.3 is 14.7 Å². The number of nitrogens with two attached hydrogens (primary N) is 1. The molecule has 1 amide bonds. The van der Waals surface area contributed by atoms with Crippen molar-refractivity contribution in [1.82, 2.24) is 20.6 Å². The van der Waals surface area contributed by atoms with Crippen molar-refractivity contribution >= 4 is 17.7 Å². The van der Waals surface area contributed by atoms with E-state index in [0.717, 1.165) is 50.5 Å². The Morgan fingerprint density at radius 2 is 2.07 bits per heavy atom. The molecule has 0 aliphatic carbocycles. The maximum Gasteiger partial charge on any atom is 0.324 e. The molecule has 0 radical (unpaired) electrons. The van der Waals surface area contributed by atoms with Crippen LogP contribution >= 0.6 is 0 Å². The van der Waals surface area contributed by atoms with Gasteiger partial charge in [0.1, 0.15) is 5.82 Å². The van der Waals surface area contributed by atoms with Gasteiger partial charge in [0.25, 0.3) is 5.91 Å². The van der Waals surface area contributed by atoms with Crippen LogP contribution in [0, 0.1) is 12.8 Å². The molecule has 3 rings (SSSR count). The van der Waals surface area contributed by atoms with Crippen LogP contribution < -0.4 is 21.5 Å². The highest BCUT2D eigenvalue weighted by molar-refractivity contribution is 5.94. The molecule has 1 aliphatic rings. The van der Waals surface area contributed by atoms with Crippen molar-refractivity contribution in [2.45, 2.75) is 52.4 Å². The molecule has 29 heavy (non-hydrogen) atoms. The monoisotopic (exact) mass is 401 g/mol. The van der Waals surface area contributed by atoms with E-state index in [0.29, 0.717) is 23.2 Å². The zero-order valence-corrected chi connectivity index (χ0v) is 17.4. The number of carbonyl (C=O) groups excluding carboxylic acids is 1. The van der Waals surface area contributed by atoms with Crippen molar-refractivity contribution < 1.29 is 9.32 Å². The van der Waals surface area contributed by atoms with Crippen LogP contribution in [0.15, 0.2) is 16.7 Å². The number of carbonyl (C=O) groups is 1. The predicted molar refractivity (Wildman–Crippen MR) is 112 cm³/mol. The van der Waals surface area contributed by atoms with Crippen LogP contribution in [0.3, 0.4) is 0 Å². The third-order valence-electron chi connectivity index (χ3n) is 5.39. The second-order valence-electron chi connectivity index (χ2n) is 7.89. The van der Waals surface area contributed by atoms with Gasteiger partial charge >= 0.3 is 6.01 Å². The quantitative estimate of drug-likeness (QED) is 0.267. The van der Waals surface area contributed by atoms with Crippen LogP contribution in [0.1, 0.15) is 67.3 Å². The summed E-state index contributed by atoms with van der Waals surface area (Å²) in [5, 5.41) is 7.39. The standard InChI is InChI=1S/C20H31N7O2/c1-13(2)18-24-20(29-26-18)27-11-8-15(9-12-27)5-4-10-22-17-7-6-16(14(3)23-17)19(28)25-21/h6-7,13,15H,4-5,8-12,21H2,1-3H3,(H,22,23)(H,25,28). The van der Waals surface area contributed by atoms with E-state index in [2.05, 4.69) is 44.6 Å². The van der Waals surface area contributed by atoms with Crippen LogP contribution in [-0.2, 0) is 0 Å². The number of pyridine rings is 1. The summed E-state index contributed by atoms with van der Waals surface area (Å²) < 4.78 is 5.40. The second kappa shape index (κ2) is 9.69. The summed E-state index contributed by atoms with van der Waals surface area (Å²) in [4.78, 5) is 22.7. The van der Waals surface area contributed by atoms with Gasteiger partial charge in [-0.2, -0.15) is 4.98 Å². The van der Waals surface area contributed by atoms with E-state index < -0.39 is 0 Å². The lowest BCUT2D eigenvalue weighted by Gasteiger charge is -2.30. The summed E-state index contributed by atoms with van der Waals surface area (Å²) in [5.74, 6) is 7.40. The van der Waals surface area contributed by atoms with Gasteiger partial charge in [-0.1, -0.05) is 19.0 Å². The highest BCUT2D eigenvalue weighted by Gasteiger charge is 2.23. The van der Waals surface area contributed by atoms with E-state index >= 15 is 0 Å². The maximum atomic E-state index is 11.6. The fourth-order valence-corrected chi connectivity index (χ4v) is 3.59. The predicted octanol–water partition coefficient (Wildman–Crippen LogP) is 2.61. The summed E-state index contributed by atoms with van der Waals surface area (Å²) in [6.45, 7) is 8.72. The van der Waals surface area contributed by atoms with Crippen LogP contribution in [-0.4, -0.2) is 40.7 Å². The Hall–Kier alpha value is -2.68. The zero-order valence-electron chi connectivity index (χ0n) is 17.4. The van der Waals surface area contributed by atoms with E-state index in [1.165, 1.54) is 6.42 Å². The van der Waals surface area contributed by atoms with E-state index in [1.807, 2.05) is 6.07 Å². The third kappa shape index (κ3) is 5.44. The number of rotatable bonds is 8. The number of aryl methyl sites for hydroxylation is 1. The highest BCUT2D eigenvalue weighted by atomic mass is 16.5. The van der Waals surface area contributed by atoms with Gasteiger partial charge in [0.15, 0.2) is 5.82 Å². The van der Waals surface area contributed by atoms with Gasteiger partial charge in [-0.15, -0.1) is 0 Å². The average molecular weight is 402 g/mol. The molecule has 4 N–H and O–H groups in total. The number of anilines is 2. The molecular formula is C20H31N7O2. The molecule has 2 aromatic heterocycles. The fourth-order valence-electron chi connectivity index (χ4n) is 3.59. The molecule has 0 saturated carbocycles. The first-order chi connectivity index (χ1) is 14.0. The Morgan fingerprint density at radius 3 is 2.69 bits per heavy atom. The summed E-state index contributed by atoms with van der Waals surface area (Å²) in [6, 6.07) is 4.21. The zero-order chi connectivity index (χ0) is 20.8. The van der Waals surface area contributed by atoms with Crippen molar-refractivity contribution in [2.75, 3.05) is 29.9 Å². The van der Waals surface area contributed by atoms with Crippen LogP contribution in [0.5, 0.6) is 0 Å². The first-order valence-corrected chi connectivity index (χ1v) is 10.3. The average Bonchev–Trinajstić information content (AvgIpc) is 3.22. The number of amides is 1. The molecule has 158 valence electrons. The lowest BCUT2D eigenvalue weighted by atomic mass is 9.92. The molecule has 2 aromatic rings. The van der Waals surface area contributed by atoms with Crippen molar-refractivity contribution in [3.8, 4) is 0 Å². The molecule has 9 nitrogen and oxygen atoms in total. The number of hydrogen-bond acceptors (Lipinski definition) is 8. The lowest BCUT2D eigenvalue weighted by Crippen LogP contribution is -2.34. The molecule has 1 aliphatic heterocycles. The normalized spacial score (nSPS) is 15.0. The number of hydrazine groups is 1. The van der Waals surface area contributed by atoms with E-state index in [1.54, 1.807) is 13.0 Å². The first kappa shape index (κ1) is 21.0. The molecule has 0 spiro atoms. The van der Waals surface area contributed by atoms with Crippen molar-refractivity contribution in [1.29, 1.82) is 0 Å². The van der Waals surface area contributed by atoms with Crippen molar-refractivity contribution in [3.63, 3.8) is 0 Å². The number of hydrogen-bond donors (Lipinski definition) is 3. The first-order valence-electron chi connectivity index (χ1n) is 10.3. The summed E-state index contributed by atoms with van der Waals surface area (Å²) in [6.07, 6.45) is 4.53. The van der Waals surface area contributed by atoms with Gasteiger partial charge in [-0.3, -0.25) is 10.2 Å². The summed E-state index contributed by atoms with van der Waals surface area (Å²) in [5.41, 5.74) is 3.29. The number of nitrogens with zero attached hydrogens (tertiary/aromatic N) is 4. The number of aromatic nitrogens is 3. The third-order valence-corrected chi connectivity index (χ3v) is 5.39. The highest BCUT2D eigenvalue weighted by Crippen LogP contribution is 2.26. The summed E-state index contributed by atoms with van der Waals surface area (Å²) >= 11 is 0. The fraction of sp³-hybridized carbons (Fsp3) is 0.600. The Kier molecular flexibility index (Phi) is 7.03. The van der Waals surface area contributed by atoms with E-state index in [-0.39, 0.29) is 11.8 Å². The lowest BCUT2D eigenvalue weighted by molar-refractivity contribution is 0.0952. The second-order valence-corrected chi connectivity index (χ2v) is 7.89. The molecule has 0 atom stereocenters. The van der Waals surface area contributed by atoms with E-state index in [4.69, 9.17) is 10.4 Å². The minimum atomic E-state index is -0.325. The number of piperidine rings is 1. The van der Waals surface area contributed by atoms with Crippen LogP contribution in [0.2, 0.25) is 0 Å².